The molecule has 2 amide bonds. The lowest BCUT2D eigenvalue weighted by Crippen LogP contribution is -2.37. The van der Waals surface area contributed by atoms with Gasteiger partial charge in [0.25, 0.3) is 0 Å². The van der Waals surface area contributed by atoms with Crippen molar-refractivity contribution >= 4 is 16.9 Å². The number of amides is 2. The second-order valence-electron chi connectivity index (χ2n) is 5.68. The molecule has 0 aliphatic heterocycles. The number of hydrogen-bond donors (Lipinski definition) is 2. The average Bonchev–Trinajstić information content (AvgIpc) is 3.01. The van der Waals surface area contributed by atoms with E-state index in [1.54, 1.807) is 4.90 Å². The molecule has 3 rings (SSSR count). The van der Waals surface area contributed by atoms with E-state index in [9.17, 15) is 4.79 Å². The third kappa shape index (κ3) is 3.72. The molecule has 0 radical (unpaired) electrons. The summed E-state index contributed by atoms with van der Waals surface area (Å²) >= 11 is 0. The van der Waals surface area contributed by atoms with Gasteiger partial charge in [-0.2, -0.15) is 0 Å². The van der Waals surface area contributed by atoms with Crippen LogP contribution >= 0.6 is 0 Å². The highest BCUT2D eigenvalue weighted by molar-refractivity contribution is 5.83. The summed E-state index contributed by atoms with van der Waals surface area (Å²) in [5.41, 5.74) is 3.48. The van der Waals surface area contributed by atoms with Gasteiger partial charge in [-0.05, 0) is 23.6 Å². The van der Waals surface area contributed by atoms with Crippen LogP contribution in [0.15, 0.2) is 60.8 Å². The Morgan fingerprint density at radius 1 is 1.09 bits per heavy atom. The summed E-state index contributed by atoms with van der Waals surface area (Å²) in [6.07, 6.45) is 2.86. The van der Waals surface area contributed by atoms with Crippen molar-refractivity contribution in [3.63, 3.8) is 0 Å². The number of H-pyrrole nitrogens is 1. The molecule has 0 spiro atoms. The number of likely N-dealkylation sites (N-methyl/N-ethyl adjacent to an activating group) is 1. The van der Waals surface area contributed by atoms with Crippen LogP contribution in [0.25, 0.3) is 10.9 Å². The molecular weight excluding hydrogens is 286 g/mol. The van der Waals surface area contributed by atoms with E-state index in [0.717, 1.165) is 17.5 Å². The maximum atomic E-state index is 12.1. The van der Waals surface area contributed by atoms with Crippen molar-refractivity contribution in [3.8, 4) is 0 Å². The summed E-state index contributed by atoms with van der Waals surface area (Å²) in [6.45, 7) is 1.24. The molecule has 4 heteroatoms. The van der Waals surface area contributed by atoms with Crippen LogP contribution in [-0.2, 0) is 13.0 Å². The van der Waals surface area contributed by atoms with Gasteiger partial charge >= 0.3 is 6.03 Å². The van der Waals surface area contributed by atoms with Gasteiger partial charge in [0.2, 0.25) is 0 Å². The molecule has 118 valence electrons. The predicted molar refractivity (Wildman–Crippen MR) is 93.3 cm³/mol. The molecule has 0 aliphatic carbocycles. The highest BCUT2D eigenvalue weighted by atomic mass is 16.2. The minimum atomic E-state index is -0.0475. The maximum Gasteiger partial charge on any atom is 0.317 e. The monoisotopic (exact) mass is 307 g/mol. The third-order valence-electron chi connectivity index (χ3n) is 4.02. The van der Waals surface area contributed by atoms with Gasteiger partial charge in [0.15, 0.2) is 0 Å². The Labute approximate surface area is 136 Å². The lowest BCUT2D eigenvalue weighted by Gasteiger charge is -2.17. The first kappa shape index (κ1) is 15.2. The minimum absolute atomic E-state index is 0.0475. The summed E-state index contributed by atoms with van der Waals surface area (Å²) in [6, 6.07) is 18.1. The summed E-state index contributed by atoms with van der Waals surface area (Å²) in [7, 11) is 1.83. The van der Waals surface area contributed by atoms with Crippen LogP contribution in [-0.4, -0.2) is 29.5 Å². The summed E-state index contributed by atoms with van der Waals surface area (Å²) < 4.78 is 0. The number of urea groups is 1. The highest BCUT2D eigenvalue weighted by Crippen LogP contribution is 2.18. The number of para-hydroxylation sites is 1. The lowest BCUT2D eigenvalue weighted by molar-refractivity contribution is 0.209. The SMILES string of the molecule is CN(CCc1c[nH]c2ccccc12)C(=O)NCc1ccccc1. The molecule has 0 aliphatic rings. The average molecular weight is 307 g/mol. The molecule has 0 fully saturated rings. The van der Waals surface area contributed by atoms with Crippen LogP contribution in [0.3, 0.4) is 0 Å². The predicted octanol–water partition coefficient (Wildman–Crippen LogP) is 3.55. The van der Waals surface area contributed by atoms with Crippen LogP contribution in [0.5, 0.6) is 0 Å². The minimum Gasteiger partial charge on any atom is -0.361 e. The Morgan fingerprint density at radius 3 is 2.65 bits per heavy atom. The zero-order valence-electron chi connectivity index (χ0n) is 13.3. The number of aromatic nitrogens is 1. The van der Waals surface area contributed by atoms with Gasteiger partial charge < -0.3 is 15.2 Å². The largest absolute Gasteiger partial charge is 0.361 e. The zero-order valence-corrected chi connectivity index (χ0v) is 13.3. The van der Waals surface area contributed by atoms with E-state index in [0.29, 0.717) is 13.1 Å². The molecule has 2 N–H and O–H groups in total. The standard InChI is InChI=1S/C19H21N3O/c1-22(19(23)21-13-15-7-3-2-4-8-15)12-11-16-14-20-18-10-6-5-9-17(16)18/h2-10,14,20H,11-13H2,1H3,(H,21,23). The Hall–Kier alpha value is -2.75. The van der Waals surface area contributed by atoms with E-state index in [1.165, 1.54) is 10.9 Å². The third-order valence-corrected chi connectivity index (χ3v) is 4.02. The Bertz CT molecular complexity index is 779. The van der Waals surface area contributed by atoms with E-state index in [2.05, 4.69) is 22.4 Å². The molecule has 0 unspecified atom stereocenters. The fourth-order valence-electron chi connectivity index (χ4n) is 2.64. The van der Waals surface area contributed by atoms with Gasteiger partial charge in [-0.25, -0.2) is 4.79 Å². The van der Waals surface area contributed by atoms with Crippen LogP contribution in [0.4, 0.5) is 4.79 Å². The molecule has 23 heavy (non-hydrogen) atoms. The number of aromatic amines is 1. The van der Waals surface area contributed by atoms with E-state index >= 15 is 0 Å². The molecule has 3 aromatic rings. The number of nitrogens with one attached hydrogen (secondary N) is 2. The quantitative estimate of drug-likeness (QED) is 0.744. The van der Waals surface area contributed by atoms with Gasteiger partial charge in [0.1, 0.15) is 0 Å². The highest BCUT2D eigenvalue weighted by Gasteiger charge is 2.09. The summed E-state index contributed by atoms with van der Waals surface area (Å²) in [5, 5.41) is 4.17. The number of hydrogen-bond acceptors (Lipinski definition) is 1. The van der Waals surface area contributed by atoms with Gasteiger partial charge in [0, 0.05) is 37.2 Å². The summed E-state index contributed by atoms with van der Waals surface area (Å²) in [4.78, 5) is 17.1. The number of nitrogens with zero attached hydrogens (tertiary/aromatic N) is 1. The second kappa shape index (κ2) is 7.01. The number of benzene rings is 2. The maximum absolute atomic E-state index is 12.1. The molecule has 0 saturated carbocycles. The van der Waals surface area contributed by atoms with Crippen LogP contribution in [0.1, 0.15) is 11.1 Å². The van der Waals surface area contributed by atoms with Gasteiger partial charge in [0.05, 0.1) is 0 Å². The van der Waals surface area contributed by atoms with Gasteiger partial charge in [-0.15, -0.1) is 0 Å². The fourth-order valence-corrected chi connectivity index (χ4v) is 2.64. The van der Waals surface area contributed by atoms with Crippen molar-refractivity contribution in [1.29, 1.82) is 0 Å². The number of fused-ring (bicyclic) bond motifs is 1. The lowest BCUT2D eigenvalue weighted by atomic mass is 10.1. The van der Waals surface area contributed by atoms with Crippen LogP contribution in [0, 0.1) is 0 Å². The number of rotatable bonds is 5. The number of carbonyl (C=O) groups excluding carboxylic acids is 1. The molecule has 0 atom stereocenters. The Balaban J connectivity index is 1.52. The van der Waals surface area contributed by atoms with E-state index in [-0.39, 0.29) is 6.03 Å². The molecule has 1 aromatic heterocycles. The van der Waals surface area contributed by atoms with Crippen molar-refractivity contribution in [2.45, 2.75) is 13.0 Å². The van der Waals surface area contributed by atoms with E-state index < -0.39 is 0 Å². The zero-order chi connectivity index (χ0) is 16.1. The van der Waals surface area contributed by atoms with Crippen molar-refractivity contribution in [3.05, 3.63) is 71.9 Å². The first-order chi connectivity index (χ1) is 11.2. The molecule has 4 nitrogen and oxygen atoms in total. The van der Waals surface area contributed by atoms with Crippen LogP contribution < -0.4 is 5.32 Å². The first-order valence-corrected chi connectivity index (χ1v) is 7.82. The van der Waals surface area contributed by atoms with E-state index in [4.69, 9.17) is 0 Å². The van der Waals surface area contributed by atoms with Gasteiger partial charge in [-0.3, -0.25) is 0 Å². The normalized spacial score (nSPS) is 10.7. The van der Waals surface area contributed by atoms with E-state index in [1.807, 2.05) is 55.7 Å². The van der Waals surface area contributed by atoms with Crippen LogP contribution in [0.2, 0.25) is 0 Å². The molecule has 2 aromatic carbocycles. The Kier molecular flexibility index (Phi) is 4.62. The van der Waals surface area contributed by atoms with Crippen molar-refractivity contribution in [2.75, 3.05) is 13.6 Å². The number of carbonyl (C=O) groups is 1. The van der Waals surface area contributed by atoms with Crippen molar-refractivity contribution in [2.24, 2.45) is 0 Å². The molecule has 0 bridgehead atoms. The molecular formula is C19H21N3O. The first-order valence-electron chi connectivity index (χ1n) is 7.82. The smallest absolute Gasteiger partial charge is 0.317 e. The molecule has 0 saturated heterocycles. The topological polar surface area (TPSA) is 48.1 Å². The summed E-state index contributed by atoms with van der Waals surface area (Å²) in [5.74, 6) is 0. The van der Waals surface area contributed by atoms with Crippen molar-refractivity contribution < 1.29 is 4.79 Å². The van der Waals surface area contributed by atoms with Gasteiger partial charge in [-0.1, -0.05) is 48.5 Å². The Morgan fingerprint density at radius 2 is 1.83 bits per heavy atom. The fraction of sp³-hybridized carbons (Fsp3) is 0.211. The van der Waals surface area contributed by atoms with Crippen molar-refractivity contribution in [1.82, 2.24) is 15.2 Å². The molecule has 1 heterocycles. The second-order valence-corrected chi connectivity index (χ2v) is 5.68.